The number of rotatable bonds is 5. The molecule has 4 atom stereocenters. The van der Waals surface area contributed by atoms with Gasteiger partial charge in [-0.25, -0.2) is 9.18 Å². The van der Waals surface area contributed by atoms with E-state index < -0.39 is 5.97 Å². The molecule has 3 aliphatic carbocycles. The highest BCUT2D eigenvalue weighted by Gasteiger charge is 2.51. The number of hydrogen-bond donors (Lipinski definition) is 3. The summed E-state index contributed by atoms with van der Waals surface area (Å²) in [5.41, 5.74) is 5.61. The summed E-state index contributed by atoms with van der Waals surface area (Å²) in [5, 5.41) is 14.1. The molecular formula is C27H30FN3O3. The molecular weight excluding hydrogens is 433 g/mol. The molecule has 3 N–H and O–H groups in total. The van der Waals surface area contributed by atoms with Gasteiger partial charge in [-0.05, 0) is 95.7 Å². The zero-order valence-corrected chi connectivity index (χ0v) is 19.3. The molecule has 1 heterocycles. The summed E-state index contributed by atoms with van der Waals surface area (Å²) in [5.74, 6) is 0.392. The van der Waals surface area contributed by atoms with Crippen LogP contribution in [0.4, 0.5) is 14.9 Å². The summed E-state index contributed by atoms with van der Waals surface area (Å²) in [7, 11) is 0. The molecule has 1 saturated carbocycles. The van der Waals surface area contributed by atoms with E-state index in [1.807, 2.05) is 6.07 Å². The Morgan fingerprint density at radius 1 is 1.24 bits per heavy atom. The van der Waals surface area contributed by atoms with Crippen LogP contribution < -0.4 is 10.6 Å². The van der Waals surface area contributed by atoms with Gasteiger partial charge in [0.25, 0.3) is 0 Å². The number of amides is 2. The molecule has 0 radical (unpaired) electrons. The van der Waals surface area contributed by atoms with Gasteiger partial charge in [-0.2, -0.15) is 0 Å². The molecule has 6 nitrogen and oxygen atoms in total. The highest BCUT2D eigenvalue weighted by atomic mass is 19.1. The van der Waals surface area contributed by atoms with Crippen molar-refractivity contribution in [3.05, 3.63) is 65.2 Å². The lowest BCUT2D eigenvalue weighted by atomic mass is 9.54. The van der Waals surface area contributed by atoms with Crippen LogP contribution in [0.1, 0.15) is 61.6 Å². The molecule has 5 rings (SSSR count). The number of urea groups is 1. The van der Waals surface area contributed by atoms with Crippen molar-refractivity contribution in [1.82, 2.24) is 10.3 Å². The molecule has 7 heteroatoms. The van der Waals surface area contributed by atoms with Crippen LogP contribution in [-0.2, 0) is 11.2 Å². The molecule has 2 aromatic rings. The number of nitrogens with one attached hydrogen (secondary N) is 2. The van der Waals surface area contributed by atoms with Crippen LogP contribution in [0.2, 0.25) is 0 Å². The van der Waals surface area contributed by atoms with Gasteiger partial charge in [0, 0.05) is 18.4 Å². The molecule has 178 valence electrons. The maximum atomic E-state index is 13.9. The van der Waals surface area contributed by atoms with Gasteiger partial charge in [-0.15, -0.1) is 0 Å². The second-order valence-corrected chi connectivity index (χ2v) is 10.1. The van der Waals surface area contributed by atoms with Crippen molar-refractivity contribution in [3.8, 4) is 0 Å². The van der Waals surface area contributed by atoms with Crippen molar-refractivity contribution in [2.45, 2.75) is 51.4 Å². The molecule has 3 aliphatic rings. The summed E-state index contributed by atoms with van der Waals surface area (Å²) in [6.07, 6.45) is 10.5. The van der Waals surface area contributed by atoms with E-state index in [0.29, 0.717) is 17.8 Å². The van der Waals surface area contributed by atoms with Crippen LogP contribution in [0.15, 0.2) is 42.7 Å². The van der Waals surface area contributed by atoms with Crippen LogP contribution in [0, 0.1) is 23.1 Å². The Morgan fingerprint density at radius 3 is 2.88 bits per heavy atom. The number of anilines is 1. The van der Waals surface area contributed by atoms with Crippen LogP contribution >= 0.6 is 0 Å². The van der Waals surface area contributed by atoms with E-state index in [1.165, 1.54) is 22.9 Å². The number of aromatic nitrogens is 1. The SMILES string of the molecule is CC12CCC3c4ccc(NC(=O)NCCC(=O)O)cc4CCC3C1CC=C2c1cncc(F)c1. The first kappa shape index (κ1) is 22.6. The lowest BCUT2D eigenvalue weighted by Crippen LogP contribution is -2.41. The van der Waals surface area contributed by atoms with E-state index in [0.717, 1.165) is 43.4 Å². The summed E-state index contributed by atoms with van der Waals surface area (Å²) >= 11 is 0. The lowest BCUT2D eigenvalue weighted by Gasteiger charge is -2.50. The Hall–Kier alpha value is -3.22. The van der Waals surface area contributed by atoms with Crippen molar-refractivity contribution in [2.75, 3.05) is 11.9 Å². The third kappa shape index (κ3) is 4.08. The minimum Gasteiger partial charge on any atom is -0.481 e. The van der Waals surface area contributed by atoms with Crippen molar-refractivity contribution in [3.63, 3.8) is 0 Å². The van der Waals surface area contributed by atoms with Gasteiger partial charge >= 0.3 is 12.0 Å². The molecule has 2 amide bonds. The van der Waals surface area contributed by atoms with Crippen LogP contribution in [-0.4, -0.2) is 28.6 Å². The quantitative estimate of drug-likeness (QED) is 0.556. The minimum absolute atomic E-state index is 0.0453. The van der Waals surface area contributed by atoms with E-state index in [-0.39, 0.29) is 30.2 Å². The third-order valence-electron chi connectivity index (χ3n) is 8.21. The fourth-order valence-electron chi connectivity index (χ4n) is 6.69. The zero-order valence-electron chi connectivity index (χ0n) is 19.3. The third-order valence-corrected chi connectivity index (χ3v) is 8.21. The smallest absolute Gasteiger partial charge is 0.319 e. The molecule has 0 bridgehead atoms. The number of hydrogen-bond acceptors (Lipinski definition) is 3. The van der Waals surface area contributed by atoms with Gasteiger partial charge in [0.2, 0.25) is 0 Å². The zero-order chi connectivity index (χ0) is 23.9. The van der Waals surface area contributed by atoms with Gasteiger partial charge in [-0.3, -0.25) is 9.78 Å². The minimum atomic E-state index is -0.940. The highest BCUT2D eigenvalue weighted by molar-refractivity contribution is 5.89. The van der Waals surface area contributed by atoms with E-state index in [9.17, 15) is 14.0 Å². The fourth-order valence-corrected chi connectivity index (χ4v) is 6.69. The van der Waals surface area contributed by atoms with Gasteiger partial charge in [0.15, 0.2) is 0 Å². The van der Waals surface area contributed by atoms with E-state index in [2.05, 4.69) is 40.8 Å². The maximum Gasteiger partial charge on any atom is 0.319 e. The number of halogens is 1. The number of fused-ring (bicyclic) bond motifs is 5. The highest BCUT2D eigenvalue weighted by Crippen LogP contribution is 2.63. The molecule has 1 fully saturated rings. The molecule has 0 aliphatic heterocycles. The molecule has 0 spiro atoms. The van der Waals surface area contributed by atoms with Crippen LogP contribution in [0.3, 0.4) is 0 Å². The standard InChI is InChI=1S/C27H30FN3O3/c1-27-10-8-21-20-5-3-19(31-26(34)30-11-9-25(32)33)13-16(20)2-4-22(21)24(27)7-6-23(27)17-12-18(28)15-29-14-17/h3,5-6,12-15,21-22,24H,2,4,7-11H2,1H3,(H,32,33)(H2,30,31,34). The van der Waals surface area contributed by atoms with Crippen molar-refractivity contribution in [1.29, 1.82) is 0 Å². The Morgan fingerprint density at radius 2 is 2.09 bits per heavy atom. The molecule has 1 aromatic heterocycles. The predicted octanol–water partition coefficient (Wildman–Crippen LogP) is 5.37. The first-order valence-electron chi connectivity index (χ1n) is 12.1. The largest absolute Gasteiger partial charge is 0.481 e. The number of aliphatic carboxylic acids is 1. The first-order valence-corrected chi connectivity index (χ1v) is 12.1. The number of carboxylic acids is 1. The number of nitrogens with zero attached hydrogens (tertiary/aromatic N) is 1. The summed E-state index contributed by atoms with van der Waals surface area (Å²) in [6, 6.07) is 7.39. The molecule has 0 saturated heterocycles. The van der Waals surface area contributed by atoms with Crippen LogP contribution in [0.5, 0.6) is 0 Å². The number of aryl methyl sites for hydroxylation is 1. The topological polar surface area (TPSA) is 91.3 Å². The number of carbonyl (C=O) groups is 2. The lowest BCUT2D eigenvalue weighted by molar-refractivity contribution is -0.136. The second kappa shape index (κ2) is 8.85. The number of benzene rings is 1. The van der Waals surface area contributed by atoms with E-state index in [4.69, 9.17) is 5.11 Å². The molecule has 1 aromatic carbocycles. The summed E-state index contributed by atoms with van der Waals surface area (Å²) < 4.78 is 13.9. The average molecular weight is 464 g/mol. The number of allylic oxidation sites excluding steroid dienone is 2. The fraction of sp³-hybridized carbons (Fsp3) is 0.444. The Kier molecular flexibility index (Phi) is 5.88. The van der Waals surface area contributed by atoms with Crippen molar-refractivity contribution >= 4 is 23.3 Å². The number of pyridine rings is 1. The van der Waals surface area contributed by atoms with Gasteiger partial charge in [0.1, 0.15) is 5.82 Å². The van der Waals surface area contributed by atoms with Gasteiger partial charge < -0.3 is 15.7 Å². The van der Waals surface area contributed by atoms with Crippen molar-refractivity contribution in [2.24, 2.45) is 17.3 Å². The maximum absolute atomic E-state index is 13.9. The monoisotopic (exact) mass is 463 g/mol. The van der Waals surface area contributed by atoms with Gasteiger partial charge in [0.05, 0.1) is 12.6 Å². The Bertz CT molecular complexity index is 1160. The summed E-state index contributed by atoms with van der Waals surface area (Å²) in [6.45, 7) is 2.45. The number of carboxylic acid groups (broad SMARTS) is 1. The van der Waals surface area contributed by atoms with E-state index in [1.54, 1.807) is 12.3 Å². The predicted molar refractivity (Wildman–Crippen MR) is 128 cm³/mol. The average Bonchev–Trinajstić information content (AvgIpc) is 3.15. The first-order chi connectivity index (χ1) is 16.3. The van der Waals surface area contributed by atoms with Crippen LogP contribution in [0.25, 0.3) is 5.57 Å². The van der Waals surface area contributed by atoms with Gasteiger partial charge in [-0.1, -0.05) is 19.1 Å². The summed E-state index contributed by atoms with van der Waals surface area (Å²) in [4.78, 5) is 26.8. The van der Waals surface area contributed by atoms with Crippen molar-refractivity contribution < 1.29 is 19.1 Å². The van der Waals surface area contributed by atoms with E-state index >= 15 is 0 Å². The second-order valence-electron chi connectivity index (χ2n) is 10.1. The Labute approximate surface area is 198 Å². The Balaban J connectivity index is 1.30. The molecule has 34 heavy (non-hydrogen) atoms. The number of carbonyl (C=O) groups excluding carboxylic acids is 1. The molecule has 4 unspecified atom stereocenters. The normalized spacial score (nSPS) is 27.1.